The molecule has 1 atom stereocenters. The Morgan fingerprint density at radius 1 is 1.05 bits per heavy atom. The van der Waals surface area contributed by atoms with E-state index in [1.165, 1.54) is 11.8 Å². The average Bonchev–Trinajstić information content (AvgIpc) is 3.37. The Labute approximate surface area is 232 Å². The number of hydrogen-bond acceptors (Lipinski definition) is 9. The van der Waals surface area contributed by atoms with Crippen molar-refractivity contribution in [1.82, 2.24) is 9.80 Å². The van der Waals surface area contributed by atoms with Crippen LogP contribution in [0.1, 0.15) is 30.5 Å². The first-order valence-corrected chi connectivity index (χ1v) is 13.6. The number of amides is 1. The number of thioether (sulfide) groups is 1. The minimum absolute atomic E-state index is 0.0111. The summed E-state index contributed by atoms with van der Waals surface area (Å²) in [7, 11) is 3.15. The highest BCUT2D eigenvalue weighted by molar-refractivity contribution is 8.16. The van der Waals surface area contributed by atoms with Gasteiger partial charge in [0.05, 0.1) is 51.2 Å². The molecule has 0 spiro atoms. The predicted octanol–water partition coefficient (Wildman–Crippen LogP) is 4.27. The van der Waals surface area contributed by atoms with Gasteiger partial charge in [-0.2, -0.15) is 0 Å². The molecule has 2 aromatic rings. The normalized spacial score (nSPS) is 18.8. The van der Waals surface area contributed by atoms with Crippen LogP contribution in [0.2, 0.25) is 0 Å². The summed E-state index contributed by atoms with van der Waals surface area (Å²) in [5.41, 5.74) is 3.43. The molecule has 3 heterocycles. The molecule has 10 heteroatoms. The van der Waals surface area contributed by atoms with Gasteiger partial charge in [0.2, 0.25) is 5.91 Å². The number of benzene rings is 2. The lowest BCUT2D eigenvalue weighted by Crippen LogP contribution is -2.42. The minimum Gasteiger partial charge on any atom is -0.493 e. The van der Waals surface area contributed by atoms with Gasteiger partial charge >= 0.3 is 5.97 Å². The summed E-state index contributed by atoms with van der Waals surface area (Å²) < 4.78 is 22.2. The van der Waals surface area contributed by atoms with Gasteiger partial charge in [0.15, 0.2) is 16.7 Å². The van der Waals surface area contributed by atoms with Crippen molar-refractivity contribution < 1.29 is 28.5 Å². The zero-order valence-corrected chi connectivity index (χ0v) is 23.0. The van der Waals surface area contributed by atoms with Crippen LogP contribution < -0.4 is 9.47 Å². The van der Waals surface area contributed by atoms with Crippen molar-refractivity contribution in [2.75, 3.05) is 40.5 Å². The Morgan fingerprint density at radius 2 is 1.79 bits per heavy atom. The van der Waals surface area contributed by atoms with E-state index in [4.69, 9.17) is 23.9 Å². The number of morpholine rings is 1. The van der Waals surface area contributed by atoms with Crippen molar-refractivity contribution in [2.24, 2.45) is 4.99 Å². The van der Waals surface area contributed by atoms with E-state index in [-0.39, 0.29) is 18.9 Å². The van der Waals surface area contributed by atoms with Crippen LogP contribution in [0.5, 0.6) is 11.5 Å². The largest absolute Gasteiger partial charge is 0.493 e. The molecule has 0 aromatic heterocycles. The van der Waals surface area contributed by atoms with E-state index in [1.807, 2.05) is 70.7 Å². The minimum atomic E-state index is -0.570. The predicted molar refractivity (Wildman–Crippen MR) is 148 cm³/mol. The highest BCUT2D eigenvalue weighted by atomic mass is 32.2. The standard InChI is InChI=1S/C29H31N3O6S/c1-19-26(28(34)38-17-20-7-5-4-6-8-20)27(21-9-10-23(35-2)24(15-21)36-3)32-22(18-39-29(32)30-19)16-25(33)31-11-13-37-14-12-31/h4-10,15,18,27H,11-14,16-17H2,1-3H3. The second-order valence-electron chi connectivity index (χ2n) is 9.24. The molecule has 1 unspecified atom stereocenters. The van der Waals surface area contributed by atoms with Crippen molar-refractivity contribution in [3.8, 4) is 11.5 Å². The molecule has 39 heavy (non-hydrogen) atoms. The Hall–Kier alpha value is -3.76. The maximum atomic E-state index is 13.7. The zero-order valence-electron chi connectivity index (χ0n) is 22.2. The summed E-state index contributed by atoms with van der Waals surface area (Å²) in [6.07, 6.45) is 0.182. The van der Waals surface area contributed by atoms with E-state index >= 15 is 0 Å². The fourth-order valence-electron chi connectivity index (χ4n) is 4.85. The summed E-state index contributed by atoms with van der Waals surface area (Å²) in [5, 5.41) is 2.65. The first kappa shape index (κ1) is 26.8. The van der Waals surface area contributed by atoms with E-state index < -0.39 is 12.0 Å². The zero-order chi connectivity index (χ0) is 27.4. The van der Waals surface area contributed by atoms with Crippen molar-refractivity contribution in [3.63, 3.8) is 0 Å². The van der Waals surface area contributed by atoms with Gasteiger partial charge in [0.25, 0.3) is 0 Å². The number of aliphatic imine (C=N–C) groups is 1. The number of fused-ring (bicyclic) bond motifs is 1. The van der Waals surface area contributed by atoms with Crippen LogP contribution in [-0.4, -0.2) is 67.4 Å². The number of nitrogens with zero attached hydrogens (tertiary/aromatic N) is 3. The Bertz CT molecular complexity index is 1330. The molecule has 0 saturated carbocycles. The van der Waals surface area contributed by atoms with E-state index in [9.17, 15) is 9.59 Å². The van der Waals surface area contributed by atoms with E-state index in [1.54, 1.807) is 14.2 Å². The van der Waals surface area contributed by atoms with Crippen LogP contribution in [0.25, 0.3) is 0 Å². The third-order valence-electron chi connectivity index (χ3n) is 6.85. The molecule has 1 saturated heterocycles. The van der Waals surface area contributed by atoms with Gasteiger partial charge in [-0.3, -0.25) is 4.79 Å². The van der Waals surface area contributed by atoms with Crippen molar-refractivity contribution in [1.29, 1.82) is 0 Å². The molecular weight excluding hydrogens is 518 g/mol. The number of allylic oxidation sites excluding steroid dienone is 1. The molecule has 204 valence electrons. The molecule has 0 bridgehead atoms. The van der Waals surface area contributed by atoms with Crippen LogP contribution in [0.4, 0.5) is 0 Å². The van der Waals surface area contributed by atoms with Gasteiger partial charge in [0.1, 0.15) is 6.61 Å². The van der Waals surface area contributed by atoms with Gasteiger partial charge in [-0.1, -0.05) is 48.2 Å². The SMILES string of the molecule is COc1ccc(C2C(C(=O)OCc3ccccc3)=C(C)N=C3SC=C(CC(=O)N4CCOCC4)N32)cc1OC. The number of carbonyl (C=O) groups is 2. The summed E-state index contributed by atoms with van der Waals surface area (Å²) >= 11 is 1.44. The average molecular weight is 550 g/mol. The second-order valence-corrected chi connectivity index (χ2v) is 10.1. The lowest BCUT2D eigenvalue weighted by Gasteiger charge is -2.37. The number of rotatable bonds is 8. The third kappa shape index (κ3) is 5.67. The molecule has 0 radical (unpaired) electrons. The number of carbonyl (C=O) groups excluding carboxylic acids is 2. The van der Waals surface area contributed by atoms with Crippen LogP contribution >= 0.6 is 11.8 Å². The third-order valence-corrected chi connectivity index (χ3v) is 7.74. The molecule has 2 aromatic carbocycles. The first-order chi connectivity index (χ1) is 19.0. The smallest absolute Gasteiger partial charge is 0.338 e. The topological polar surface area (TPSA) is 89.9 Å². The summed E-state index contributed by atoms with van der Waals surface area (Å²) in [5.74, 6) is 0.663. The van der Waals surface area contributed by atoms with Crippen LogP contribution in [0.3, 0.4) is 0 Å². The van der Waals surface area contributed by atoms with E-state index in [0.29, 0.717) is 54.2 Å². The summed E-state index contributed by atoms with van der Waals surface area (Å²) in [4.78, 5) is 35.4. The second kappa shape index (κ2) is 12.0. The Morgan fingerprint density at radius 3 is 2.51 bits per heavy atom. The molecule has 1 fully saturated rings. The van der Waals surface area contributed by atoms with Gasteiger partial charge < -0.3 is 28.7 Å². The number of methoxy groups -OCH3 is 2. The van der Waals surface area contributed by atoms with Crippen LogP contribution in [0, 0.1) is 0 Å². The summed E-state index contributed by atoms with van der Waals surface area (Å²) in [6, 6.07) is 14.5. The fraction of sp³-hybridized carbons (Fsp3) is 0.345. The van der Waals surface area contributed by atoms with Gasteiger partial charge in [-0.05, 0) is 35.6 Å². The molecule has 5 rings (SSSR count). The molecule has 3 aliphatic heterocycles. The highest BCUT2D eigenvalue weighted by Crippen LogP contribution is 2.46. The Kier molecular flexibility index (Phi) is 8.23. The van der Waals surface area contributed by atoms with Crippen LogP contribution in [0.15, 0.2) is 75.9 Å². The quantitative estimate of drug-likeness (QED) is 0.451. The molecule has 0 N–H and O–H groups in total. The van der Waals surface area contributed by atoms with E-state index in [2.05, 4.69) is 0 Å². The number of ether oxygens (including phenoxy) is 4. The maximum Gasteiger partial charge on any atom is 0.338 e. The number of amidine groups is 1. The molecule has 3 aliphatic rings. The Balaban J connectivity index is 1.49. The van der Waals surface area contributed by atoms with Crippen molar-refractivity contribution in [3.05, 3.63) is 82.0 Å². The van der Waals surface area contributed by atoms with Crippen molar-refractivity contribution >= 4 is 28.8 Å². The van der Waals surface area contributed by atoms with Crippen molar-refractivity contribution in [2.45, 2.75) is 26.0 Å². The lowest BCUT2D eigenvalue weighted by atomic mass is 9.93. The van der Waals surface area contributed by atoms with Gasteiger partial charge in [0, 0.05) is 18.8 Å². The highest BCUT2D eigenvalue weighted by Gasteiger charge is 2.42. The maximum absolute atomic E-state index is 13.7. The first-order valence-electron chi connectivity index (χ1n) is 12.7. The molecule has 0 aliphatic carbocycles. The summed E-state index contributed by atoms with van der Waals surface area (Å²) in [6.45, 7) is 4.14. The fourth-order valence-corrected chi connectivity index (χ4v) is 5.81. The molecular formula is C29H31N3O6S. The molecule has 1 amide bonds. The van der Waals surface area contributed by atoms with Gasteiger partial charge in [-0.25, -0.2) is 9.79 Å². The van der Waals surface area contributed by atoms with Gasteiger partial charge in [-0.15, -0.1) is 0 Å². The monoisotopic (exact) mass is 549 g/mol. The van der Waals surface area contributed by atoms with E-state index in [0.717, 1.165) is 16.8 Å². The number of esters is 1. The molecule has 9 nitrogen and oxygen atoms in total. The lowest BCUT2D eigenvalue weighted by molar-refractivity contribution is -0.141. The van der Waals surface area contributed by atoms with Crippen LogP contribution in [-0.2, 0) is 25.7 Å². The number of hydrogen-bond donors (Lipinski definition) is 0.